The van der Waals surface area contributed by atoms with Crippen LogP contribution in [-0.2, 0) is 6.42 Å². The average molecular weight is 267 g/mol. The molecule has 1 aliphatic carbocycles. The number of nitrogens with zero attached hydrogens (tertiary/aromatic N) is 1. The molecule has 0 saturated heterocycles. The maximum Gasteiger partial charge on any atom is 0.0642 e. The molecule has 2 rings (SSSR count). The molecule has 0 atom stereocenters. The van der Waals surface area contributed by atoms with Gasteiger partial charge in [-0.05, 0) is 63.3 Å². The lowest BCUT2D eigenvalue weighted by molar-refractivity contribution is 0.644. The van der Waals surface area contributed by atoms with Gasteiger partial charge in [0.15, 0.2) is 0 Å². The summed E-state index contributed by atoms with van der Waals surface area (Å²) >= 11 is 6.43. The molecule has 1 saturated carbocycles. The quantitative estimate of drug-likeness (QED) is 0.854. The Hall–Kier alpha value is -0.730. The van der Waals surface area contributed by atoms with Crippen LogP contribution in [0.15, 0.2) is 18.2 Å². The van der Waals surface area contributed by atoms with Crippen molar-refractivity contribution >= 4 is 17.3 Å². The Labute approximate surface area is 115 Å². The van der Waals surface area contributed by atoms with Crippen molar-refractivity contribution in [2.24, 2.45) is 11.7 Å². The molecule has 1 aromatic carbocycles. The fourth-order valence-corrected chi connectivity index (χ4v) is 2.58. The van der Waals surface area contributed by atoms with Crippen LogP contribution in [0.3, 0.4) is 0 Å². The largest absolute Gasteiger partial charge is 0.368 e. The second-order valence-corrected chi connectivity index (χ2v) is 5.92. The molecule has 1 aliphatic rings. The van der Waals surface area contributed by atoms with Crippen LogP contribution in [0, 0.1) is 5.92 Å². The second-order valence-electron chi connectivity index (χ2n) is 5.51. The lowest BCUT2D eigenvalue weighted by Gasteiger charge is -2.30. The molecular formula is C15H23ClN2. The molecule has 3 heteroatoms. The summed E-state index contributed by atoms with van der Waals surface area (Å²) in [5.74, 6) is 0.868. The molecular weight excluding hydrogens is 244 g/mol. The van der Waals surface area contributed by atoms with Crippen LogP contribution in [0.25, 0.3) is 0 Å². The number of nitrogens with two attached hydrogens (primary N) is 1. The predicted molar refractivity (Wildman–Crippen MR) is 79.4 cm³/mol. The smallest absolute Gasteiger partial charge is 0.0642 e. The molecule has 1 fully saturated rings. The Morgan fingerprint density at radius 3 is 2.61 bits per heavy atom. The van der Waals surface area contributed by atoms with Crippen LogP contribution in [0.2, 0.25) is 5.02 Å². The monoisotopic (exact) mass is 266 g/mol. The maximum atomic E-state index is 6.43. The van der Waals surface area contributed by atoms with E-state index in [0.29, 0.717) is 12.6 Å². The first kappa shape index (κ1) is 13.7. The van der Waals surface area contributed by atoms with Gasteiger partial charge in [-0.15, -0.1) is 0 Å². The third-order valence-electron chi connectivity index (χ3n) is 3.53. The third-order valence-corrected chi connectivity index (χ3v) is 3.83. The minimum atomic E-state index is 0.489. The first-order valence-corrected chi connectivity index (χ1v) is 7.24. The van der Waals surface area contributed by atoms with Crippen molar-refractivity contribution in [3.8, 4) is 0 Å². The van der Waals surface area contributed by atoms with Gasteiger partial charge < -0.3 is 10.6 Å². The zero-order valence-corrected chi connectivity index (χ0v) is 12.1. The predicted octanol–water partition coefficient (Wildman–Crippen LogP) is 3.47. The highest BCUT2D eigenvalue weighted by atomic mass is 35.5. The van der Waals surface area contributed by atoms with Crippen LogP contribution < -0.4 is 10.6 Å². The molecule has 0 spiro atoms. The van der Waals surface area contributed by atoms with Crippen molar-refractivity contribution in [2.75, 3.05) is 18.0 Å². The van der Waals surface area contributed by atoms with Crippen molar-refractivity contribution < 1.29 is 0 Å². The lowest BCUT2D eigenvalue weighted by atomic mass is 10.1. The van der Waals surface area contributed by atoms with Crippen LogP contribution in [0.1, 0.15) is 32.3 Å². The molecule has 2 N–H and O–H groups in total. The Morgan fingerprint density at radius 1 is 1.39 bits per heavy atom. The van der Waals surface area contributed by atoms with E-state index >= 15 is 0 Å². The first-order chi connectivity index (χ1) is 8.61. The Balaban J connectivity index is 2.17. The zero-order valence-electron chi connectivity index (χ0n) is 11.3. The summed E-state index contributed by atoms with van der Waals surface area (Å²) in [6.45, 7) is 6.26. The third kappa shape index (κ3) is 3.39. The summed E-state index contributed by atoms with van der Waals surface area (Å²) < 4.78 is 0. The van der Waals surface area contributed by atoms with Gasteiger partial charge in [0, 0.05) is 12.6 Å². The normalized spacial score (nSPS) is 15.2. The number of anilines is 1. The highest BCUT2D eigenvalue weighted by Gasteiger charge is 2.26. The van der Waals surface area contributed by atoms with Crippen molar-refractivity contribution in [3.63, 3.8) is 0 Å². The van der Waals surface area contributed by atoms with Gasteiger partial charge in [0.05, 0.1) is 10.7 Å². The number of hydrogen-bond donors (Lipinski definition) is 1. The fraction of sp³-hybridized carbons (Fsp3) is 0.600. The van der Waals surface area contributed by atoms with Gasteiger partial charge in [-0.1, -0.05) is 17.7 Å². The Kier molecular flexibility index (Phi) is 4.52. The van der Waals surface area contributed by atoms with Gasteiger partial charge in [0.2, 0.25) is 0 Å². The van der Waals surface area contributed by atoms with E-state index in [0.717, 1.165) is 23.9 Å². The highest BCUT2D eigenvalue weighted by molar-refractivity contribution is 6.33. The van der Waals surface area contributed by atoms with Crippen molar-refractivity contribution in [1.29, 1.82) is 0 Å². The fourth-order valence-electron chi connectivity index (χ4n) is 2.27. The standard InChI is InChI=1S/C15H23ClN2/c1-11(2)18(10-13-3-4-13)15-6-5-12(7-8-17)9-14(15)16/h5-6,9,11,13H,3-4,7-8,10,17H2,1-2H3. The summed E-state index contributed by atoms with van der Waals surface area (Å²) in [4.78, 5) is 2.42. The molecule has 18 heavy (non-hydrogen) atoms. The summed E-state index contributed by atoms with van der Waals surface area (Å²) in [6.07, 6.45) is 3.63. The Bertz CT molecular complexity index is 399. The van der Waals surface area contributed by atoms with Gasteiger partial charge in [0.25, 0.3) is 0 Å². The molecule has 100 valence electrons. The van der Waals surface area contributed by atoms with Gasteiger partial charge in [-0.3, -0.25) is 0 Å². The summed E-state index contributed by atoms with van der Waals surface area (Å²) in [5, 5.41) is 0.857. The number of hydrogen-bond acceptors (Lipinski definition) is 2. The van der Waals surface area contributed by atoms with Crippen molar-refractivity contribution in [2.45, 2.75) is 39.2 Å². The molecule has 2 nitrogen and oxygen atoms in total. The maximum absolute atomic E-state index is 6.43. The summed E-state index contributed by atoms with van der Waals surface area (Å²) in [5.41, 5.74) is 7.97. The van der Waals surface area contributed by atoms with E-state index in [4.69, 9.17) is 17.3 Å². The molecule has 0 radical (unpaired) electrons. The molecule has 0 heterocycles. The van der Waals surface area contributed by atoms with E-state index in [1.54, 1.807) is 0 Å². The van der Waals surface area contributed by atoms with Crippen molar-refractivity contribution in [1.82, 2.24) is 0 Å². The van der Waals surface area contributed by atoms with Crippen LogP contribution in [0.5, 0.6) is 0 Å². The van der Waals surface area contributed by atoms with Crippen LogP contribution in [0.4, 0.5) is 5.69 Å². The molecule has 0 aliphatic heterocycles. The van der Waals surface area contributed by atoms with Crippen molar-refractivity contribution in [3.05, 3.63) is 28.8 Å². The minimum Gasteiger partial charge on any atom is -0.368 e. The molecule has 0 bridgehead atoms. The highest BCUT2D eigenvalue weighted by Crippen LogP contribution is 2.35. The van der Waals surface area contributed by atoms with E-state index in [1.165, 1.54) is 24.1 Å². The summed E-state index contributed by atoms with van der Waals surface area (Å²) in [7, 11) is 0. The van der Waals surface area contributed by atoms with Gasteiger partial charge >= 0.3 is 0 Å². The molecule has 0 amide bonds. The van der Waals surface area contributed by atoms with Crippen LogP contribution >= 0.6 is 11.6 Å². The van der Waals surface area contributed by atoms with E-state index in [-0.39, 0.29) is 0 Å². The second kappa shape index (κ2) is 5.94. The average Bonchev–Trinajstić information content (AvgIpc) is 3.11. The SMILES string of the molecule is CC(C)N(CC1CC1)c1ccc(CCN)cc1Cl. The molecule has 1 aromatic rings. The number of halogens is 1. The minimum absolute atomic E-state index is 0.489. The molecule has 0 aromatic heterocycles. The number of rotatable bonds is 6. The Morgan fingerprint density at radius 2 is 2.11 bits per heavy atom. The first-order valence-electron chi connectivity index (χ1n) is 6.87. The summed E-state index contributed by atoms with van der Waals surface area (Å²) in [6, 6.07) is 6.85. The van der Waals surface area contributed by atoms with Gasteiger partial charge in [-0.2, -0.15) is 0 Å². The van der Waals surface area contributed by atoms with E-state index in [9.17, 15) is 0 Å². The molecule has 0 unspecified atom stereocenters. The van der Waals surface area contributed by atoms with E-state index in [1.807, 2.05) is 0 Å². The van der Waals surface area contributed by atoms with Gasteiger partial charge in [-0.25, -0.2) is 0 Å². The van der Waals surface area contributed by atoms with E-state index < -0.39 is 0 Å². The lowest BCUT2D eigenvalue weighted by Crippen LogP contribution is -2.33. The van der Waals surface area contributed by atoms with Crippen LogP contribution in [-0.4, -0.2) is 19.1 Å². The topological polar surface area (TPSA) is 29.3 Å². The zero-order chi connectivity index (χ0) is 13.1. The van der Waals surface area contributed by atoms with E-state index in [2.05, 4.69) is 36.9 Å². The van der Waals surface area contributed by atoms with Gasteiger partial charge in [0.1, 0.15) is 0 Å². The number of benzene rings is 1.